The summed E-state index contributed by atoms with van der Waals surface area (Å²) in [6.45, 7) is 1.58. The minimum Gasteiger partial charge on any atom is -0.331 e. The quantitative estimate of drug-likeness (QED) is 0.521. The van der Waals surface area contributed by atoms with Crippen LogP contribution in [0.15, 0.2) is 59.3 Å². The first-order valence-electron chi connectivity index (χ1n) is 10.5. The molecule has 0 spiro atoms. The van der Waals surface area contributed by atoms with Gasteiger partial charge < -0.3 is 9.80 Å². The second kappa shape index (κ2) is 8.36. The predicted octanol–water partition coefficient (Wildman–Crippen LogP) is 5.76. The Balaban J connectivity index is 1.32. The fourth-order valence-corrected chi connectivity index (χ4v) is 6.41. The van der Waals surface area contributed by atoms with Crippen LogP contribution in [0.1, 0.15) is 68.2 Å². The summed E-state index contributed by atoms with van der Waals surface area (Å²) in [6.07, 6.45) is 4.09. The molecule has 2 aliphatic rings. The number of rotatable bonds is 4. The van der Waals surface area contributed by atoms with Crippen LogP contribution < -0.4 is 0 Å². The van der Waals surface area contributed by atoms with E-state index in [4.69, 9.17) is 0 Å². The Labute approximate surface area is 184 Å². The van der Waals surface area contributed by atoms with Gasteiger partial charge in [-0.2, -0.15) is 0 Å². The van der Waals surface area contributed by atoms with Gasteiger partial charge in [-0.3, -0.25) is 9.59 Å². The number of hydrogen-bond acceptors (Lipinski definition) is 4. The third-order valence-electron chi connectivity index (χ3n) is 6.15. The van der Waals surface area contributed by atoms with E-state index in [-0.39, 0.29) is 23.9 Å². The summed E-state index contributed by atoms with van der Waals surface area (Å²) >= 11 is 3.43. The van der Waals surface area contributed by atoms with E-state index in [9.17, 15) is 9.59 Å². The van der Waals surface area contributed by atoms with Crippen molar-refractivity contribution in [3.8, 4) is 0 Å². The van der Waals surface area contributed by atoms with Gasteiger partial charge in [0, 0.05) is 34.0 Å². The average molecular weight is 437 g/mol. The molecule has 5 rings (SSSR count). The Kier molecular flexibility index (Phi) is 5.44. The first-order chi connectivity index (χ1) is 14.7. The Hall–Kier alpha value is -2.44. The summed E-state index contributed by atoms with van der Waals surface area (Å²) in [7, 11) is 0. The topological polar surface area (TPSA) is 40.6 Å². The van der Waals surface area contributed by atoms with Gasteiger partial charge in [-0.25, -0.2) is 0 Å². The molecule has 2 aromatic heterocycles. The molecule has 0 bridgehead atoms. The van der Waals surface area contributed by atoms with E-state index in [1.165, 1.54) is 9.75 Å². The van der Waals surface area contributed by atoms with Crippen molar-refractivity contribution in [3.63, 3.8) is 0 Å². The zero-order valence-electron chi connectivity index (χ0n) is 16.7. The molecule has 2 unspecified atom stereocenters. The van der Waals surface area contributed by atoms with Gasteiger partial charge in [-0.1, -0.05) is 12.1 Å². The van der Waals surface area contributed by atoms with Crippen molar-refractivity contribution in [2.24, 2.45) is 0 Å². The fourth-order valence-electron chi connectivity index (χ4n) is 4.66. The first kappa shape index (κ1) is 19.5. The van der Waals surface area contributed by atoms with Crippen molar-refractivity contribution in [3.05, 3.63) is 80.2 Å². The fraction of sp³-hybridized carbons (Fsp3) is 0.333. The van der Waals surface area contributed by atoms with Gasteiger partial charge in [0.25, 0.3) is 11.8 Å². The summed E-state index contributed by atoms with van der Waals surface area (Å²) in [5.41, 5.74) is 1.32. The summed E-state index contributed by atoms with van der Waals surface area (Å²) in [4.78, 5) is 32.7. The van der Waals surface area contributed by atoms with Gasteiger partial charge in [0.2, 0.25) is 0 Å². The highest BCUT2D eigenvalue weighted by Crippen LogP contribution is 2.37. The van der Waals surface area contributed by atoms with Crippen molar-refractivity contribution in [2.75, 3.05) is 13.1 Å². The number of carbonyl (C=O) groups is 2. The van der Waals surface area contributed by atoms with Crippen LogP contribution in [0, 0.1) is 0 Å². The molecule has 2 saturated heterocycles. The van der Waals surface area contributed by atoms with Gasteiger partial charge in [-0.05, 0) is 72.8 Å². The number of hydrogen-bond donors (Lipinski definition) is 0. The number of likely N-dealkylation sites (tertiary alicyclic amines) is 2. The molecule has 3 aromatic rings. The third kappa shape index (κ3) is 3.59. The van der Waals surface area contributed by atoms with Crippen molar-refractivity contribution in [2.45, 2.75) is 37.8 Å². The normalized spacial score (nSPS) is 21.3. The first-order valence-corrected chi connectivity index (χ1v) is 12.3. The minimum atomic E-state index is 0.0579. The van der Waals surface area contributed by atoms with E-state index in [1.807, 2.05) is 46.2 Å². The molecule has 0 aliphatic carbocycles. The van der Waals surface area contributed by atoms with E-state index in [0.717, 1.165) is 38.8 Å². The predicted molar refractivity (Wildman–Crippen MR) is 121 cm³/mol. The average Bonchev–Trinajstić information content (AvgIpc) is 3.58. The lowest BCUT2D eigenvalue weighted by molar-refractivity contribution is 0.0725. The molecule has 0 N–H and O–H groups in total. The zero-order valence-corrected chi connectivity index (χ0v) is 18.3. The maximum absolute atomic E-state index is 13.1. The van der Waals surface area contributed by atoms with Gasteiger partial charge >= 0.3 is 0 Å². The molecule has 4 heterocycles. The SMILES string of the molecule is O=C(c1ccc(C(=O)N2CCCC2c2cccs2)cc1)N1CCCC1c1cccs1. The minimum absolute atomic E-state index is 0.0579. The molecule has 2 fully saturated rings. The molecule has 154 valence electrons. The van der Waals surface area contributed by atoms with Crippen molar-refractivity contribution < 1.29 is 9.59 Å². The van der Waals surface area contributed by atoms with E-state index < -0.39 is 0 Å². The molecule has 6 heteroatoms. The van der Waals surface area contributed by atoms with Crippen LogP contribution >= 0.6 is 22.7 Å². The number of thiophene rings is 2. The van der Waals surface area contributed by atoms with Gasteiger partial charge in [0.15, 0.2) is 0 Å². The van der Waals surface area contributed by atoms with E-state index in [1.54, 1.807) is 22.7 Å². The van der Waals surface area contributed by atoms with Crippen LogP contribution in [0.4, 0.5) is 0 Å². The van der Waals surface area contributed by atoms with Crippen molar-refractivity contribution in [1.29, 1.82) is 0 Å². The van der Waals surface area contributed by atoms with Crippen LogP contribution in [0.3, 0.4) is 0 Å². The highest BCUT2D eigenvalue weighted by atomic mass is 32.1. The van der Waals surface area contributed by atoms with Gasteiger partial charge in [0.1, 0.15) is 0 Å². The molecule has 0 saturated carbocycles. The lowest BCUT2D eigenvalue weighted by Gasteiger charge is -2.25. The molecule has 1 aromatic carbocycles. The van der Waals surface area contributed by atoms with E-state index >= 15 is 0 Å². The molecule has 2 atom stereocenters. The summed E-state index contributed by atoms with van der Waals surface area (Å²) in [5, 5.41) is 4.14. The largest absolute Gasteiger partial charge is 0.331 e. The third-order valence-corrected chi connectivity index (χ3v) is 8.10. The lowest BCUT2D eigenvalue weighted by atomic mass is 10.1. The summed E-state index contributed by atoms with van der Waals surface area (Å²) in [6, 6.07) is 15.9. The molecule has 4 nitrogen and oxygen atoms in total. The molecule has 0 radical (unpaired) electrons. The van der Waals surface area contributed by atoms with Crippen molar-refractivity contribution >= 4 is 34.5 Å². The maximum atomic E-state index is 13.1. The molecular formula is C24H24N2O2S2. The van der Waals surface area contributed by atoms with Crippen LogP contribution in [0.25, 0.3) is 0 Å². The van der Waals surface area contributed by atoms with Gasteiger partial charge in [-0.15, -0.1) is 22.7 Å². The highest BCUT2D eigenvalue weighted by Gasteiger charge is 2.33. The monoisotopic (exact) mass is 436 g/mol. The van der Waals surface area contributed by atoms with Crippen LogP contribution in [0.5, 0.6) is 0 Å². The second-order valence-electron chi connectivity index (χ2n) is 7.92. The maximum Gasteiger partial charge on any atom is 0.254 e. The molecular weight excluding hydrogens is 412 g/mol. The molecule has 30 heavy (non-hydrogen) atoms. The van der Waals surface area contributed by atoms with Crippen molar-refractivity contribution in [1.82, 2.24) is 9.80 Å². The standard InChI is InChI=1S/C24H24N2O2S2/c27-23(25-13-1-5-19(25)21-7-3-15-29-21)17-9-11-18(12-10-17)24(28)26-14-2-6-20(26)22-8-4-16-30-22/h3-4,7-12,15-16,19-20H,1-2,5-6,13-14H2. The summed E-state index contributed by atoms with van der Waals surface area (Å²) < 4.78 is 0. The second-order valence-corrected chi connectivity index (χ2v) is 9.88. The van der Waals surface area contributed by atoms with E-state index in [0.29, 0.717) is 11.1 Å². The Morgan fingerprint density at radius 1 is 0.700 bits per heavy atom. The van der Waals surface area contributed by atoms with Gasteiger partial charge in [0.05, 0.1) is 12.1 Å². The highest BCUT2D eigenvalue weighted by molar-refractivity contribution is 7.10. The number of benzene rings is 1. The Bertz CT molecular complexity index is 929. The smallest absolute Gasteiger partial charge is 0.254 e. The number of nitrogens with zero attached hydrogens (tertiary/aromatic N) is 2. The van der Waals surface area contributed by atoms with Crippen LogP contribution in [0.2, 0.25) is 0 Å². The Morgan fingerprint density at radius 2 is 1.13 bits per heavy atom. The zero-order chi connectivity index (χ0) is 20.5. The number of carbonyl (C=O) groups excluding carboxylic acids is 2. The van der Waals surface area contributed by atoms with E-state index in [2.05, 4.69) is 22.9 Å². The van der Waals surface area contributed by atoms with Crippen LogP contribution in [-0.4, -0.2) is 34.7 Å². The Morgan fingerprint density at radius 3 is 1.50 bits per heavy atom. The van der Waals surface area contributed by atoms with Crippen LogP contribution in [-0.2, 0) is 0 Å². The lowest BCUT2D eigenvalue weighted by Crippen LogP contribution is -2.31. The molecule has 2 amide bonds. The summed E-state index contributed by atoms with van der Waals surface area (Å²) in [5.74, 6) is 0.116. The number of amides is 2. The molecule has 2 aliphatic heterocycles.